The van der Waals surface area contributed by atoms with Crippen LogP contribution in [0.5, 0.6) is 0 Å². The Morgan fingerprint density at radius 3 is 2.58 bits per heavy atom. The number of hydrogen-bond donors (Lipinski definition) is 1. The van der Waals surface area contributed by atoms with Crippen LogP contribution < -0.4 is 5.32 Å². The average Bonchev–Trinajstić information content (AvgIpc) is 2.33. The monoisotopic (exact) mass is 349 g/mol. The minimum Gasteiger partial charge on any atom is -0.380 e. The molecule has 1 N–H and O–H groups in total. The van der Waals surface area contributed by atoms with E-state index in [0.717, 1.165) is 12.1 Å². The van der Waals surface area contributed by atoms with Crippen molar-refractivity contribution in [2.24, 2.45) is 0 Å². The Morgan fingerprint density at radius 1 is 1.26 bits per heavy atom. The van der Waals surface area contributed by atoms with Crippen molar-refractivity contribution in [2.45, 2.75) is 58.4 Å². The number of nitrogens with one attached hydrogen (secondary N) is 1. The van der Waals surface area contributed by atoms with Crippen molar-refractivity contribution in [1.29, 1.82) is 0 Å². The first-order chi connectivity index (χ1) is 9.04. The molecule has 0 spiro atoms. The van der Waals surface area contributed by atoms with E-state index in [9.17, 15) is 4.39 Å². The fraction of sp³-hybridized carbons (Fsp3) is 0.600. The maximum absolute atomic E-state index is 13.1. The molecule has 108 valence electrons. The lowest BCUT2D eigenvalue weighted by molar-refractivity contribution is 0.578. The fourth-order valence-corrected chi connectivity index (χ4v) is 2.97. The van der Waals surface area contributed by atoms with Crippen LogP contribution in [-0.4, -0.2) is 6.04 Å². The third-order valence-corrected chi connectivity index (χ3v) is 4.06. The normalized spacial score (nSPS) is 12.5. The van der Waals surface area contributed by atoms with Gasteiger partial charge in [0.1, 0.15) is 5.82 Å². The molecule has 1 unspecified atom stereocenters. The van der Waals surface area contributed by atoms with Crippen molar-refractivity contribution in [1.82, 2.24) is 0 Å². The molecule has 0 heterocycles. The van der Waals surface area contributed by atoms with Gasteiger partial charge in [0.2, 0.25) is 0 Å². The highest BCUT2D eigenvalue weighted by Crippen LogP contribution is 2.32. The van der Waals surface area contributed by atoms with E-state index in [1.165, 1.54) is 44.2 Å². The Kier molecular flexibility index (Phi) is 7.77. The number of anilines is 1. The average molecular weight is 351 g/mol. The van der Waals surface area contributed by atoms with Gasteiger partial charge in [-0.15, -0.1) is 0 Å². The molecule has 0 bridgehead atoms. The van der Waals surface area contributed by atoms with Crippen molar-refractivity contribution < 1.29 is 4.39 Å². The van der Waals surface area contributed by atoms with Gasteiger partial charge < -0.3 is 5.32 Å². The molecule has 1 nitrogen and oxygen atoms in total. The van der Waals surface area contributed by atoms with Crippen molar-refractivity contribution >= 4 is 33.2 Å². The van der Waals surface area contributed by atoms with Gasteiger partial charge in [-0.1, -0.05) is 50.6 Å². The van der Waals surface area contributed by atoms with Crippen LogP contribution in [-0.2, 0) is 0 Å². The van der Waals surface area contributed by atoms with E-state index in [-0.39, 0.29) is 5.82 Å². The van der Waals surface area contributed by atoms with E-state index in [2.05, 4.69) is 35.1 Å². The van der Waals surface area contributed by atoms with Gasteiger partial charge in [-0.3, -0.25) is 0 Å². The van der Waals surface area contributed by atoms with E-state index in [1.54, 1.807) is 0 Å². The van der Waals surface area contributed by atoms with Crippen LogP contribution in [0.4, 0.5) is 10.1 Å². The highest BCUT2D eigenvalue weighted by Gasteiger charge is 2.10. The minimum absolute atomic E-state index is 0.324. The summed E-state index contributed by atoms with van der Waals surface area (Å²) in [6.07, 6.45) is 7.49. The van der Waals surface area contributed by atoms with Crippen molar-refractivity contribution in [2.75, 3.05) is 5.32 Å². The molecule has 1 aromatic carbocycles. The molecule has 0 aliphatic heterocycles. The first kappa shape index (κ1) is 16.8. The zero-order chi connectivity index (χ0) is 14.3. The number of benzene rings is 1. The number of halogens is 3. The second-order valence-corrected chi connectivity index (χ2v) is 6.25. The largest absolute Gasteiger partial charge is 0.380 e. The Bertz CT molecular complexity index is 375. The lowest BCUT2D eigenvalue weighted by Crippen LogP contribution is -2.15. The van der Waals surface area contributed by atoms with Gasteiger partial charge in [0.05, 0.1) is 10.7 Å². The highest BCUT2D eigenvalue weighted by atomic mass is 79.9. The lowest BCUT2D eigenvalue weighted by atomic mass is 10.1. The summed E-state index contributed by atoms with van der Waals surface area (Å²) < 4.78 is 13.8. The molecule has 0 aromatic heterocycles. The molecule has 0 fully saturated rings. The molecule has 0 saturated heterocycles. The first-order valence-corrected chi connectivity index (χ1v) is 8.12. The summed E-state index contributed by atoms with van der Waals surface area (Å²) in [5, 5.41) is 3.77. The summed E-state index contributed by atoms with van der Waals surface area (Å²) in [7, 11) is 0. The van der Waals surface area contributed by atoms with Gasteiger partial charge >= 0.3 is 0 Å². The first-order valence-electron chi connectivity index (χ1n) is 6.95. The molecular formula is C15H22BrClFN. The number of rotatable bonds is 8. The van der Waals surface area contributed by atoms with Crippen LogP contribution in [0.1, 0.15) is 52.4 Å². The summed E-state index contributed by atoms with van der Waals surface area (Å²) in [5.41, 5.74) is 0.782. The van der Waals surface area contributed by atoms with E-state index < -0.39 is 0 Å². The summed E-state index contributed by atoms with van der Waals surface area (Å²) in [5.74, 6) is -0.324. The predicted octanol–water partition coefficient (Wildman–Crippen LogP) is 6.40. The standard InChI is InChI=1S/C15H22BrClFN/c1-3-4-5-6-7-8-11(2)19-15-13(16)9-12(18)10-14(15)17/h9-11,19H,3-8H2,1-2H3. The van der Waals surface area contributed by atoms with Crippen molar-refractivity contribution in [3.05, 3.63) is 27.4 Å². The minimum atomic E-state index is -0.324. The smallest absolute Gasteiger partial charge is 0.125 e. The summed E-state index contributed by atoms with van der Waals surface area (Å²) in [4.78, 5) is 0. The van der Waals surface area contributed by atoms with Gasteiger partial charge in [0.25, 0.3) is 0 Å². The van der Waals surface area contributed by atoms with E-state index in [4.69, 9.17) is 11.6 Å². The van der Waals surface area contributed by atoms with Crippen molar-refractivity contribution in [3.8, 4) is 0 Å². The predicted molar refractivity (Wildman–Crippen MR) is 85.6 cm³/mol. The second-order valence-electron chi connectivity index (χ2n) is 4.99. The zero-order valence-electron chi connectivity index (χ0n) is 11.6. The van der Waals surface area contributed by atoms with Crippen LogP contribution in [0, 0.1) is 5.82 Å². The van der Waals surface area contributed by atoms with Gasteiger partial charge in [-0.25, -0.2) is 4.39 Å². The third-order valence-electron chi connectivity index (χ3n) is 3.14. The molecule has 19 heavy (non-hydrogen) atoms. The summed E-state index contributed by atoms with van der Waals surface area (Å²) in [6.45, 7) is 4.35. The second kappa shape index (κ2) is 8.80. The third kappa shape index (κ3) is 6.13. The zero-order valence-corrected chi connectivity index (χ0v) is 14.0. The molecule has 1 atom stereocenters. The molecule has 0 aliphatic carbocycles. The molecule has 0 radical (unpaired) electrons. The highest BCUT2D eigenvalue weighted by molar-refractivity contribution is 9.10. The Morgan fingerprint density at radius 2 is 1.95 bits per heavy atom. The molecule has 1 rings (SSSR count). The maximum atomic E-state index is 13.1. The van der Waals surface area contributed by atoms with Crippen LogP contribution >= 0.6 is 27.5 Å². The van der Waals surface area contributed by atoms with Crippen LogP contribution in [0.3, 0.4) is 0 Å². The van der Waals surface area contributed by atoms with Crippen LogP contribution in [0.2, 0.25) is 5.02 Å². The molecule has 4 heteroatoms. The molecule has 0 saturated carbocycles. The quantitative estimate of drug-likeness (QED) is 0.535. The summed E-state index contributed by atoms with van der Waals surface area (Å²) >= 11 is 9.39. The number of unbranched alkanes of at least 4 members (excludes halogenated alkanes) is 4. The maximum Gasteiger partial charge on any atom is 0.125 e. The van der Waals surface area contributed by atoms with Crippen LogP contribution in [0.25, 0.3) is 0 Å². The Hall–Kier alpha value is -0.280. The van der Waals surface area contributed by atoms with E-state index in [1.807, 2.05) is 0 Å². The SMILES string of the molecule is CCCCCCCC(C)Nc1c(Cl)cc(F)cc1Br. The van der Waals surface area contributed by atoms with Gasteiger partial charge in [0.15, 0.2) is 0 Å². The van der Waals surface area contributed by atoms with Gasteiger partial charge in [-0.05, 0) is 41.4 Å². The molecule has 0 aliphatic rings. The fourth-order valence-electron chi connectivity index (χ4n) is 2.05. The van der Waals surface area contributed by atoms with Gasteiger partial charge in [-0.2, -0.15) is 0 Å². The van der Waals surface area contributed by atoms with E-state index >= 15 is 0 Å². The topological polar surface area (TPSA) is 12.0 Å². The molecular weight excluding hydrogens is 329 g/mol. The van der Waals surface area contributed by atoms with Gasteiger partial charge in [0, 0.05) is 10.5 Å². The molecule has 1 aromatic rings. The van der Waals surface area contributed by atoms with E-state index in [0.29, 0.717) is 15.5 Å². The molecule has 0 amide bonds. The van der Waals surface area contributed by atoms with Crippen LogP contribution in [0.15, 0.2) is 16.6 Å². The van der Waals surface area contributed by atoms with Crippen molar-refractivity contribution in [3.63, 3.8) is 0 Å². The Labute approximate surface area is 129 Å². The lowest BCUT2D eigenvalue weighted by Gasteiger charge is -2.17. The summed E-state index contributed by atoms with van der Waals surface area (Å²) in [6, 6.07) is 3.10. The Balaban J connectivity index is 2.42. The number of hydrogen-bond acceptors (Lipinski definition) is 1.